The van der Waals surface area contributed by atoms with Crippen LogP contribution in [-0.2, 0) is 13.0 Å². The maximum atomic E-state index is 12.9. The molecule has 0 radical (unpaired) electrons. The van der Waals surface area contributed by atoms with E-state index in [-0.39, 0.29) is 6.54 Å². The summed E-state index contributed by atoms with van der Waals surface area (Å²) in [5.74, 6) is 8.34. The zero-order valence-electron chi connectivity index (χ0n) is 22.4. The van der Waals surface area contributed by atoms with Gasteiger partial charge in [-0.05, 0) is 66.9 Å². The number of halogens is 3. The van der Waals surface area contributed by atoms with Gasteiger partial charge >= 0.3 is 6.18 Å². The minimum absolute atomic E-state index is 0.116. The van der Waals surface area contributed by atoms with Gasteiger partial charge in [-0.3, -0.25) is 9.97 Å². The Hall–Kier alpha value is -2.65. The first-order chi connectivity index (χ1) is 17.7. The lowest BCUT2D eigenvalue weighted by Gasteiger charge is -2.37. The first-order valence-electron chi connectivity index (χ1n) is 13.7. The normalized spacial score (nSPS) is 20.9. The van der Waals surface area contributed by atoms with Crippen LogP contribution in [0.3, 0.4) is 0 Å². The second-order valence-electron chi connectivity index (χ2n) is 10.6. The summed E-state index contributed by atoms with van der Waals surface area (Å²) in [6, 6.07) is 4.53. The highest BCUT2D eigenvalue weighted by Crippen LogP contribution is 2.49. The van der Waals surface area contributed by atoms with E-state index >= 15 is 0 Å². The summed E-state index contributed by atoms with van der Waals surface area (Å²) in [7, 11) is 0. The van der Waals surface area contributed by atoms with Crippen LogP contribution in [0.4, 0.5) is 13.2 Å². The number of allylic oxidation sites excluding steroid dienone is 2. The Morgan fingerprint density at radius 2 is 1.86 bits per heavy atom. The third-order valence-electron chi connectivity index (χ3n) is 8.05. The highest BCUT2D eigenvalue weighted by molar-refractivity contribution is 5.99. The molecule has 1 saturated carbocycles. The van der Waals surface area contributed by atoms with Gasteiger partial charge in [0.2, 0.25) is 0 Å². The van der Waals surface area contributed by atoms with Gasteiger partial charge in [-0.2, -0.15) is 13.2 Å². The van der Waals surface area contributed by atoms with Crippen LogP contribution in [0.15, 0.2) is 30.6 Å². The van der Waals surface area contributed by atoms with Crippen molar-refractivity contribution in [2.75, 3.05) is 0 Å². The molecule has 198 valence electrons. The molecule has 2 aliphatic carbocycles. The molecule has 6 heteroatoms. The lowest BCUT2D eigenvalue weighted by molar-refractivity contribution is -0.151. The summed E-state index contributed by atoms with van der Waals surface area (Å²) in [6.45, 7) is 7.83. The second kappa shape index (κ2) is 11.8. The molecule has 0 saturated heterocycles. The molecule has 2 aliphatic rings. The lowest BCUT2D eigenvalue weighted by Crippen LogP contribution is -2.39. The van der Waals surface area contributed by atoms with E-state index in [1.54, 1.807) is 6.20 Å². The summed E-state index contributed by atoms with van der Waals surface area (Å²) in [4.78, 5) is 9.75. The number of nitrogens with zero attached hydrogens (tertiary/aromatic N) is 2. The highest BCUT2D eigenvalue weighted by atomic mass is 19.4. The van der Waals surface area contributed by atoms with Crippen molar-refractivity contribution in [3.05, 3.63) is 58.7 Å². The molecule has 4 rings (SSSR count). The first-order valence-corrected chi connectivity index (χ1v) is 13.7. The maximum absolute atomic E-state index is 12.9. The van der Waals surface area contributed by atoms with Crippen LogP contribution in [0.5, 0.6) is 0 Å². The Balaban J connectivity index is 1.77. The van der Waals surface area contributed by atoms with Gasteiger partial charge in [0.1, 0.15) is 6.04 Å². The Bertz CT molecular complexity index is 1170. The quantitative estimate of drug-likeness (QED) is 0.388. The molecule has 0 aliphatic heterocycles. The Morgan fingerprint density at radius 1 is 1.11 bits per heavy atom. The smallest absolute Gasteiger partial charge is 0.302 e. The molecule has 1 fully saturated rings. The van der Waals surface area contributed by atoms with E-state index < -0.39 is 12.2 Å². The standard InChI is InChI=1S/C31H38F3N3/c1-5-7-8-12-25-27(29-14-13-23(19-36-29)18-35-21(4)31(32,33)34)16-26(24-10-9-11-24)20(3)30-28(25)15-22(6-2)17-37-30/h13-15,17,19-21,24,26,35H,5-7,9-11,16,18H2,1-4H3. The Kier molecular flexibility index (Phi) is 8.75. The van der Waals surface area contributed by atoms with Gasteiger partial charge in [0.25, 0.3) is 0 Å². The van der Waals surface area contributed by atoms with Gasteiger partial charge in [-0.25, -0.2) is 0 Å². The number of aryl methyl sites for hydroxylation is 1. The largest absolute Gasteiger partial charge is 0.403 e. The lowest BCUT2D eigenvalue weighted by atomic mass is 9.68. The topological polar surface area (TPSA) is 37.8 Å². The average Bonchev–Trinajstić information content (AvgIpc) is 2.96. The van der Waals surface area contributed by atoms with Gasteiger partial charge < -0.3 is 5.32 Å². The summed E-state index contributed by atoms with van der Waals surface area (Å²) in [6.07, 6.45) is 6.82. The Morgan fingerprint density at radius 3 is 2.46 bits per heavy atom. The van der Waals surface area contributed by atoms with Crippen molar-refractivity contribution >= 4 is 11.1 Å². The molecular formula is C31H38F3N3. The molecule has 37 heavy (non-hydrogen) atoms. The van der Waals surface area contributed by atoms with Gasteiger partial charge in [-0.1, -0.05) is 57.9 Å². The van der Waals surface area contributed by atoms with Gasteiger partial charge in [-0.15, -0.1) is 0 Å². The summed E-state index contributed by atoms with van der Waals surface area (Å²) >= 11 is 0. The molecule has 3 unspecified atom stereocenters. The van der Waals surface area contributed by atoms with Crippen LogP contribution in [0, 0.1) is 23.7 Å². The third kappa shape index (κ3) is 6.26. The fraction of sp³-hybridized carbons (Fsp3) is 0.548. The zero-order chi connectivity index (χ0) is 26.6. The van der Waals surface area contributed by atoms with Gasteiger partial charge in [0.15, 0.2) is 0 Å². The third-order valence-corrected chi connectivity index (χ3v) is 8.05. The van der Waals surface area contributed by atoms with Gasteiger partial charge in [0.05, 0.1) is 11.4 Å². The van der Waals surface area contributed by atoms with E-state index in [0.717, 1.165) is 66.3 Å². The molecule has 0 bridgehead atoms. The summed E-state index contributed by atoms with van der Waals surface area (Å²) < 4.78 is 38.7. The molecule has 2 heterocycles. The number of aromatic nitrogens is 2. The van der Waals surface area contributed by atoms with Crippen LogP contribution in [-0.4, -0.2) is 22.2 Å². The fourth-order valence-electron chi connectivity index (χ4n) is 5.34. The number of rotatable bonds is 7. The number of hydrogen-bond donors (Lipinski definition) is 1. The van der Waals surface area contributed by atoms with Crippen molar-refractivity contribution in [1.82, 2.24) is 15.3 Å². The SMILES string of the molecule is CCCC#CC1=C(c2ccc(CNC(C)C(F)(F)F)cn2)CC(C2CCC2)C(C)c2ncc(CC)cc21. The van der Waals surface area contributed by atoms with Crippen molar-refractivity contribution < 1.29 is 13.2 Å². The zero-order valence-corrected chi connectivity index (χ0v) is 22.4. The molecular weight excluding hydrogens is 471 g/mol. The minimum Gasteiger partial charge on any atom is -0.302 e. The average molecular weight is 510 g/mol. The van der Waals surface area contributed by atoms with Crippen molar-refractivity contribution in [1.29, 1.82) is 0 Å². The number of unbranched alkanes of at least 4 members (excludes halogenated alkanes) is 1. The second-order valence-corrected chi connectivity index (χ2v) is 10.6. The van der Waals surface area contributed by atoms with Crippen molar-refractivity contribution in [3.63, 3.8) is 0 Å². The van der Waals surface area contributed by atoms with E-state index in [1.165, 1.54) is 24.8 Å². The van der Waals surface area contributed by atoms with Crippen LogP contribution in [0.1, 0.15) is 100 Å². The van der Waals surface area contributed by atoms with Crippen LogP contribution in [0.25, 0.3) is 11.1 Å². The number of hydrogen-bond acceptors (Lipinski definition) is 3. The monoisotopic (exact) mass is 509 g/mol. The predicted octanol–water partition coefficient (Wildman–Crippen LogP) is 7.72. The van der Waals surface area contributed by atoms with E-state index in [9.17, 15) is 13.2 Å². The van der Waals surface area contributed by atoms with E-state index in [0.29, 0.717) is 17.8 Å². The molecule has 0 amide bonds. The van der Waals surface area contributed by atoms with E-state index in [4.69, 9.17) is 9.97 Å². The molecule has 0 aromatic carbocycles. The van der Waals surface area contributed by atoms with Gasteiger partial charge in [0, 0.05) is 42.4 Å². The first kappa shape index (κ1) is 27.4. The van der Waals surface area contributed by atoms with Crippen LogP contribution >= 0.6 is 0 Å². The molecule has 0 spiro atoms. The highest BCUT2D eigenvalue weighted by Gasteiger charge is 2.38. The Labute approximate surface area is 219 Å². The maximum Gasteiger partial charge on any atom is 0.403 e. The minimum atomic E-state index is -4.27. The number of pyridine rings is 2. The van der Waals surface area contributed by atoms with Crippen molar-refractivity contribution in [2.24, 2.45) is 11.8 Å². The van der Waals surface area contributed by atoms with Crippen LogP contribution in [0.2, 0.25) is 0 Å². The molecule has 1 N–H and O–H groups in total. The number of alkyl halides is 3. The summed E-state index contributed by atoms with van der Waals surface area (Å²) in [5, 5.41) is 2.55. The van der Waals surface area contributed by atoms with E-state index in [1.807, 2.05) is 18.3 Å². The predicted molar refractivity (Wildman–Crippen MR) is 144 cm³/mol. The number of fused-ring (bicyclic) bond motifs is 1. The van der Waals surface area contributed by atoms with Crippen LogP contribution < -0.4 is 5.32 Å². The molecule has 2 aromatic rings. The van der Waals surface area contributed by atoms with E-state index in [2.05, 4.69) is 44.0 Å². The fourth-order valence-corrected chi connectivity index (χ4v) is 5.34. The van der Waals surface area contributed by atoms with Crippen molar-refractivity contribution in [2.45, 2.75) is 97.3 Å². The molecule has 2 aromatic heterocycles. The molecule has 3 nitrogen and oxygen atoms in total. The molecule has 3 atom stereocenters. The summed E-state index contributed by atoms with van der Waals surface area (Å²) in [5.41, 5.74) is 7.20. The van der Waals surface area contributed by atoms with Crippen molar-refractivity contribution in [3.8, 4) is 11.8 Å². The number of nitrogens with one attached hydrogen (secondary N) is 1.